The van der Waals surface area contributed by atoms with E-state index in [1.807, 2.05) is 53.8 Å². The van der Waals surface area contributed by atoms with E-state index in [1.54, 1.807) is 5.32 Å². The van der Waals surface area contributed by atoms with Gasteiger partial charge >= 0.3 is 18.0 Å². The van der Waals surface area contributed by atoms with Crippen molar-refractivity contribution in [3.8, 4) is 11.1 Å². The number of benzene rings is 2. The van der Waals surface area contributed by atoms with Gasteiger partial charge in [-0.1, -0.05) is 48.5 Å². The quantitative estimate of drug-likeness (QED) is 0.345. The minimum Gasteiger partial charge on any atom is -0.481 e. The Bertz CT molecular complexity index is 1060. The Kier molecular flexibility index (Phi) is 8.34. The molecule has 2 unspecified atom stereocenters. The highest BCUT2D eigenvalue weighted by molar-refractivity contribution is 6.04. The molecule has 186 valence electrons. The van der Waals surface area contributed by atoms with Crippen LogP contribution in [0.1, 0.15) is 30.4 Å². The molecule has 0 bridgehead atoms. The minimum atomic E-state index is -3.22. The number of rotatable bonds is 10. The fourth-order valence-electron chi connectivity index (χ4n) is 3.87. The SMILES string of the molecule is CCOC(=O)C(NC(=O)OCC1c2ccccc2-c2ccccc21)C(=O)NC(CC(=O)O)C(F)F. The zero-order chi connectivity index (χ0) is 25.5. The molecule has 0 radical (unpaired) electrons. The second-order valence-corrected chi connectivity index (χ2v) is 7.70. The van der Waals surface area contributed by atoms with E-state index in [2.05, 4.69) is 0 Å². The zero-order valence-electron chi connectivity index (χ0n) is 18.7. The van der Waals surface area contributed by atoms with E-state index >= 15 is 0 Å². The van der Waals surface area contributed by atoms with Crippen LogP contribution in [-0.4, -0.2) is 60.8 Å². The molecule has 11 heteroatoms. The van der Waals surface area contributed by atoms with Crippen LogP contribution >= 0.6 is 0 Å². The topological polar surface area (TPSA) is 131 Å². The number of esters is 1. The maximum Gasteiger partial charge on any atom is 0.408 e. The summed E-state index contributed by atoms with van der Waals surface area (Å²) >= 11 is 0. The van der Waals surface area contributed by atoms with Crippen LogP contribution in [0.3, 0.4) is 0 Å². The smallest absolute Gasteiger partial charge is 0.408 e. The number of hydrogen-bond donors (Lipinski definition) is 3. The summed E-state index contributed by atoms with van der Waals surface area (Å²) in [6.45, 7) is 1.19. The Balaban J connectivity index is 1.70. The second kappa shape index (κ2) is 11.4. The number of carboxylic acid groups (broad SMARTS) is 1. The van der Waals surface area contributed by atoms with Crippen molar-refractivity contribution in [3.63, 3.8) is 0 Å². The lowest BCUT2D eigenvalue weighted by Crippen LogP contribution is -2.55. The van der Waals surface area contributed by atoms with E-state index in [1.165, 1.54) is 6.92 Å². The lowest BCUT2D eigenvalue weighted by atomic mass is 9.98. The van der Waals surface area contributed by atoms with Crippen molar-refractivity contribution in [2.75, 3.05) is 13.2 Å². The second-order valence-electron chi connectivity index (χ2n) is 7.70. The molecule has 35 heavy (non-hydrogen) atoms. The molecule has 2 aromatic rings. The molecule has 0 saturated heterocycles. The van der Waals surface area contributed by atoms with Crippen molar-refractivity contribution in [1.29, 1.82) is 0 Å². The molecule has 0 spiro atoms. The fraction of sp³-hybridized carbons (Fsp3) is 0.333. The summed E-state index contributed by atoms with van der Waals surface area (Å²) in [5, 5.41) is 12.6. The molecule has 3 rings (SSSR count). The molecule has 0 fully saturated rings. The molecule has 2 amide bonds. The van der Waals surface area contributed by atoms with Gasteiger partial charge in [-0.25, -0.2) is 18.4 Å². The first-order valence-corrected chi connectivity index (χ1v) is 10.8. The van der Waals surface area contributed by atoms with E-state index < -0.39 is 48.9 Å². The summed E-state index contributed by atoms with van der Waals surface area (Å²) < 4.78 is 36.3. The van der Waals surface area contributed by atoms with Gasteiger partial charge in [0.25, 0.3) is 12.3 Å². The van der Waals surface area contributed by atoms with E-state index in [0.717, 1.165) is 22.3 Å². The molecule has 0 saturated carbocycles. The summed E-state index contributed by atoms with van der Waals surface area (Å²) in [6, 6.07) is 11.1. The van der Waals surface area contributed by atoms with Gasteiger partial charge in [0, 0.05) is 5.92 Å². The number of halogens is 2. The van der Waals surface area contributed by atoms with Crippen molar-refractivity contribution in [1.82, 2.24) is 10.6 Å². The van der Waals surface area contributed by atoms with Crippen molar-refractivity contribution in [3.05, 3.63) is 59.7 Å². The average molecular weight is 490 g/mol. The van der Waals surface area contributed by atoms with Gasteiger partial charge in [0.2, 0.25) is 6.04 Å². The number of aliphatic carboxylic acids is 1. The van der Waals surface area contributed by atoms with Crippen LogP contribution in [0.4, 0.5) is 13.6 Å². The van der Waals surface area contributed by atoms with Crippen LogP contribution in [0.2, 0.25) is 0 Å². The molecule has 0 aromatic heterocycles. The first-order chi connectivity index (χ1) is 16.7. The number of carbonyl (C=O) groups excluding carboxylic acids is 3. The Labute approximate surface area is 199 Å². The van der Waals surface area contributed by atoms with Gasteiger partial charge in [-0.3, -0.25) is 14.9 Å². The van der Waals surface area contributed by atoms with E-state index in [-0.39, 0.29) is 19.1 Å². The molecule has 1 aliphatic rings. The highest BCUT2D eigenvalue weighted by atomic mass is 19.3. The first kappa shape index (κ1) is 25.6. The molecular weight excluding hydrogens is 466 g/mol. The fourth-order valence-corrected chi connectivity index (χ4v) is 3.87. The lowest BCUT2D eigenvalue weighted by molar-refractivity contribution is -0.149. The number of carboxylic acids is 1. The van der Waals surface area contributed by atoms with Gasteiger partial charge < -0.3 is 19.9 Å². The Morgan fingerprint density at radius 3 is 2.03 bits per heavy atom. The number of carbonyl (C=O) groups is 4. The van der Waals surface area contributed by atoms with Crippen LogP contribution in [-0.2, 0) is 23.9 Å². The van der Waals surface area contributed by atoms with Gasteiger partial charge in [-0.15, -0.1) is 0 Å². The van der Waals surface area contributed by atoms with Crippen LogP contribution in [0.25, 0.3) is 11.1 Å². The monoisotopic (exact) mass is 490 g/mol. The lowest BCUT2D eigenvalue weighted by Gasteiger charge is -2.21. The van der Waals surface area contributed by atoms with Gasteiger partial charge in [0.1, 0.15) is 12.6 Å². The van der Waals surface area contributed by atoms with E-state index in [4.69, 9.17) is 14.6 Å². The Morgan fingerprint density at radius 1 is 0.943 bits per heavy atom. The summed E-state index contributed by atoms with van der Waals surface area (Å²) in [5.41, 5.74) is 3.87. The minimum absolute atomic E-state index is 0.115. The van der Waals surface area contributed by atoms with Crippen molar-refractivity contribution >= 4 is 23.9 Å². The predicted octanol–water partition coefficient (Wildman–Crippen LogP) is 2.68. The van der Waals surface area contributed by atoms with Crippen LogP contribution < -0.4 is 10.6 Å². The van der Waals surface area contributed by atoms with Gasteiger partial charge in [-0.2, -0.15) is 0 Å². The zero-order valence-corrected chi connectivity index (χ0v) is 18.7. The van der Waals surface area contributed by atoms with Gasteiger partial charge in [-0.05, 0) is 29.2 Å². The third kappa shape index (κ3) is 6.11. The van der Waals surface area contributed by atoms with Crippen molar-refractivity contribution in [2.24, 2.45) is 0 Å². The number of nitrogens with one attached hydrogen (secondary N) is 2. The normalized spacial score (nSPS) is 13.8. The summed E-state index contributed by atoms with van der Waals surface area (Å²) in [4.78, 5) is 48.0. The van der Waals surface area contributed by atoms with Crippen LogP contribution in [0, 0.1) is 0 Å². The summed E-state index contributed by atoms with van der Waals surface area (Å²) in [6.07, 6.45) is -5.44. The third-order valence-corrected chi connectivity index (χ3v) is 5.42. The van der Waals surface area contributed by atoms with Gasteiger partial charge in [0.15, 0.2) is 0 Å². The average Bonchev–Trinajstić information content (AvgIpc) is 3.14. The highest BCUT2D eigenvalue weighted by Crippen LogP contribution is 2.44. The number of fused-ring (bicyclic) bond motifs is 3. The molecule has 1 aliphatic carbocycles. The number of amides is 2. The van der Waals surface area contributed by atoms with Crippen molar-refractivity contribution in [2.45, 2.75) is 37.8 Å². The first-order valence-electron chi connectivity index (χ1n) is 10.8. The van der Waals surface area contributed by atoms with E-state index in [0.29, 0.717) is 0 Å². The molecule has 2 atom stereocenters. The highest BCUT2D eigenvalue weighted by Gasteiger charge is 2.35. The molecule has 0 aliphatic heterocycles. The predicted molar refractivity (Wildman–Crippen MR) is 119 cm³/mol. The summed E-state index contributed by atoms with van der Waals surface area (Å²) in [7, 11) is 0. The Hall–Kier alpha value is -4.02. The Morgan fingerprint density at radius 2 is 1.51 bits per heavy atom. The van der Waals surface area contributed by atoms with Crippen LogP contribution in [0.5, 0.6) is 0 Å². The maximum atomic E-state index is 13.1. The van der Waals surface area contributed by atoms with Crippen molar-refractivity contribution < 1.29 is 42.5 Å². The molecule has 9 nitrogen and oxygen atoms in total. The third-order valence-electron chi connectivity index (χ3n) is 5.42. The number of alkyl carbamates (subject to hydrolysis) is 1. The molecule has 0 heterocycles. The summed E-state index contributed by atoms with van der Waals surface area (Å²) in [5.74, 6) is -4.42. The molecular formula is C24H24F2N2O7. The number of alkyl halides is 2. The number of ether oxygens (including phenoxy) is 2. The largest absolute Gasteiger partial charge is 0.481 e. The molecule has 2 aromatic carbocycles. The number of hydrogen-bond acceptors (Lipinski definition) is 6. The molecule has 3 N–H and O–H groups in total. The maximum absolute atomic E-state index is 13.1. The standard InChI is InChI=1S/C24H24F2N2O7/c1-2-34-23(32)20(22(31)27-18(21(25)26)11-19(29)30)28-24(33)35-12-17-15-9-5-3-7-13(15)14-8-4-6-10-16(14)17/h3-10,17-18,20-21H,2,11-12H2,1H3,(H,27,31)(H,28,33)(H,29,30). The van der Waals surface area contributed by atoms with E-state index in [9.17, 15) is 28.0 Å². The van der Waals surface area contributed by atoms with Crippen LogP contribution in [0.15, 0.2) is 48.5 Å². The van der Waals surface area contributed by atoms with Gasteiger partial charge in [0.05, 0.1) is 13.0 Å².